The van der Waals surface area contributed by atoms with Crippen LogP contribution in [0.4, 0.5) is 0 Å². The summed E-state index contributed by atoms with van der Waals surface area (Å²) >= 11 is 0. The Morgan fingerprint density at radius 1 is 1.05 bits per heavy atom. The predicted molar refractivity (Wildman–Crippen MR) is 85.7 cm³/mol. The smallest absolute Gasteiger partial charge is 0.0808 e. The van der Waals surface area contributed by atoms with Crippen LogP contribution in [0.2, 0.25) is 0 Å². The quantitative estimate of drug-likeness (QED) is 0.825. The fourth-order valence-electron chi connectivity index (χ4n) is 4.16. The average molecular weight is 281 g/mol. The maximum atomic E-state index is 6.62. The van der Waals surface area contributed by atoms with Crippen LogP contribution in [0.25, 0.3) is 0 Å². The molecule has 0 aromatic heterocycles. The minimum Gasteiger partial charge on any atom is -0.370 e. The lowest BCUT2D eigenvalue weighted by molar-refractivity contribution is -0.143. The molecule has 2 aliphatic rings. The Morgan fingerprint density at radius 3 is 2.15 bits per heavy atom. The van der Waals surface area contributed by atoms with Gasteiger partial charge in [-0.05, 0) is 55.8 Å². The van der Waals surface area contributed by atoms with E-state index in [1.54, 1.807) is 0 Å². The van der Waals surface area contributed by atoms with Crippen molar-refractivity contribution in [1.29, 1.82) is 0 Å². The van der Waals surface area contributed by atoms with Gasteiger partial charge in [-0.1, -0.05) is 40.5 Å². The maximum Gasteiger partial charge on any atom is 0.0808 e. The standard InChI is InChI=1S/C18H35NO/c1-14-7-5-6-8-16(14)20-18(13-19)11-9-15(10-12-18)17(2,3)4/h14-16H,5-13,19H2,1-4H3. The summed E-state index contributed by atoms with van der Waals surface area (Å²) in [5.74, 6) is 1.54. The van der Waals surface area contributed by atoms with E-state index < -0.39 is 0 Å². The summed E-state index contributed by atoms with van der Waals surface area (Å²) in [6, 6.07) is 0. The van der Waals surface area contributed by atoms with E-state index in [1.807, 2.05) is 0 Å². The summed E-state index contributed by atoms with van der Waals surface area (Å²) in [6.07, 6.45) is 10.6. The molecule has 20 heavy (non-hydrogen) atoms. The molecular formula is C18H35NO. The summed E-state index contributed by atoms with van der Waals surface area (Å²) in [6.45, 7) is 10.2. The average Bonchev–Trinajstić information content (AvgIpc) is 2.41. The molecule has 0 saturated heterocycles. The molecule has 0 spiro atoms. The molecule has 0 aromatic carbocycles. The Morgan fingerprint density at radius 2 is 1.65 bits per heavy atom. The first-order valence-corrected chi connectivity index (χ1v) is 8.74. The van der Waals surface area contributed by atoms with Crippen molar-refractivity contribution in [2.75, 3.05) is 6.54 Å². The largest absolute Gasteiger partial charge is 0.370 e. The van der Waals surface area contributed by atoms with Gasteiger partial charge in [0.2, 0.25) is 0 Å². The molecule has 2 heteroatoms. The lowest BCUT2D eigenvalue weighted by atomic mass is 9.68. The van der Waals surface area contributed by atoms with Gasteiger partial charge in [0.15, 0.2) is 0 Å². The molecule has 2 atom stereocenters. The van der Waals surface area contributed by atoms with Gasteiger partial charge in [-0.3, -0.25) is 0 Å². The number of hydrogen-bond acceptors (Lipinski definition) is 2. The molecule has 2 fully saturated rings. The third kappa shape index (κ3) is 3.76. The highest BCUT2D eigenvalue weighted by atomic mass is 16.5. The number of ether oxygens (including phenoxy) is 1. The number of nitrogens with two attached hydrogens (primary N) is 1. The molecule has 0 aliphatic heterocycles. The SMILES string of the molecule is CC1CCCCC1OC1(CN)CCC(C(C)(C)C)CC1. The summed E-state index contributed by atoms with van der Waals surface area (Å²) in [5.41, 5.74) is 6.54. The highest BCUT2D eigenvalue weighted by Crippen LogP contribution is 2.44. The van der Waals surface area contributed by atoms with E-state index in [1.165, 1.54) is 38.5 Å². The third-order valence-corrected chi connectivity index (χ3v) is 5.93. The molecule has 2 unspecified atom stereocenters. The van der Waals surface area contributed by atoms with Crippen molar-refractivity contribution in [2.24, 2.45) is 23.0 Å². The minimum absolute atomic E-state index is 0.0159. The highest BCUT2D eigenvalue weighted by molar-refractivity contribution is 4.93. The zero-order valence-electron chi connectivity index (χ0n) is 14.1. The summed E-state index contributed by atoms with van der Waals surface area (Å²) < 4.78 is 6.62. The van der Waals surface area contributed by atoms with E-state index in [0.29, 0.717) is 24.0 Å². The zero-order chi connectivity index (χ0) is 14.8. The van der Waals surface area contributed by atoms with Gasteiger partial charge in [-0.2, -0.15) is 0 Å². The molecule has 2 rings (SSSR count). The van der Waals surface area contributed by atoms with Gasteiger partial charge in [-0.15, -0.1) is 0 Å². The van der Waals surface area contributed by atoms with E-state index in [-0.39, 0.29) is 5.60 Å². The summed E-state index contributed by atoms with van der Waals surface area (Å²) in [4.78, 5) is 0. The molecule has 2 nitrogen and oxygen atoms in total. The predicted octanol–water partition coefficient (Wildman–Crippen LogP) is 4.52. The van der Waals surface area contributed by atoms with Crippen LogP contribution in [0.3, 0.4) is 0 Å². The second kappa shape index (κ2) is 6.36. The molecule has 0 aromatic rings. The number of hydrogen-bond donors (Lipinski definition) is 1. The molecule has 2 N–H and O–H groups in total. The van der Waals surface area contributed by atoms with E-state index >= 15 is 0 Å². The van der Waals surface area contributed by atoms with Crippen molar-refractivity contribution in [3.05, 3.63) is 0 Å². The zero-order valence-corrected chi connectivity index (χ0v) is 14.1. The van der Waals surface area contributed by atoms with Gasteiger partial charge in [-0.25, -0.2) is 0 Å². The molecule has 2 aliphatic carbocycles. The van der Waals surface area contributed by atoms with Crippen LogP contribution < -0.4 is 5.73 Å². The van der Waals surface area contributed by atoms with E-state index in [2.05, 4.69) is 27.7 Å². The van der Waals surface area contributed by atoms with Crippen LogP contribution in [0.1, 0.15) is 79.1 Å². The van der Waals surface area contributed by atoms with Crippen molar-refractivity contribution in [3.63, 3.8) is 0 Å². The maximum absolute atomic E-state index is 6.62. The van der Waals surface area contributed by atoms with Crippen LogP contribution in [0, 0.1) is 17.3 Å². The van der Waals surface area contributed by atoms with Crippen molar-refractivity contribution >= 4 is 0 Å². The Bertz CT molecular complexity index is 299. The fraction of sp³-hybridized carbons (Fsp3) is 1.00. The van der Waals surface area contributed by atoms with Gasteiger partial charge in [0.1, 0.15) is 0 Å². The number of rotatable bonds is 3. The molecule has 0 bridgehead atoms. The van der Waals surface area contributed by atoms with Crippen molar-refractivity contribution in [3.8, 4) is 0 Å². The van der Waals surface area contributed by atoms with Crippen LogP contribution in [0.15, 0.2) is 0 Å². The van der Waals surface area contributed by atoms with Crippen LogP contribution in [-0.2, 0) is 4.74 Å². The Labute approximate surface area is 125 Å². The van der Waals surface area contributed by atoms with E-state index in [4.69, 9.17) is 10.5 Å². The second-order valence-electron chi connectivity index (χ2n) is 8.45. The van der Waals surface area contributed by atoms with Crippen molar-refractivity contribution in [1.82, 2.24) is 0 Å². The van der Waals surface area contributed by atoms with Gasteiger partial charge in [0, 0.05) is 6.54 Å². The molecule has 0 amide bonds. The first-order valence-electron chi connectivity index (χ1n) is 8.74. The summed E-state index contributed by atoms with van der Waals surface area (Å²) in [7, 11) is 0. The van der Waals surface area contributed by atoms with Gasteiger partial charge in [0.25, 0.3) is 0 Å². The lowest BCUT2D eigenvalue weighted by Crippen LogP contribution is -2.49. The van der Waals surface area contributed by atoms with E-state index in [9.17, 15) is 0 Å². The molecular weight excluding hydrogens is 246 g/mol. The molecule has 2 saturated carbocycles. The van der Waals surface area contributed by atoms with Crippen LogP contribution in [0.5, 0.6) is 0 Å². The van der Waals surface area contributed by atoms with Gasteiger partial charge >= 0.3 is 0 Å². The second-order valence-corrected chi connectivity index (χ2v) is 8.45. The highest BCUT2D eigenvalue weighted by Gasteiger charge is 2.41. The van der Waals surface area contributed by atoms with Gasteiger partial charge < -0.3 is 10.5 Å². The Kier molecular flexibility index (Phi) is 5.18. The third-order valence-electron chi connectivity index (χ3n) is 5.93. The lowest BCUT2D eigenvalue weighted by Gasteiger charge is -2.46. The topological polar surface area (TPSA) is 35.2 Å². The first-order chi connectivity index (χ1) is 9.36. The molecule has 0 heterocycles. The fourth-order valence-corrected chi connectivity index (χ4v) is 4.16. The molecule has 0 radical (unpaired) electrons. The monoisotopic (exact) mass is 281 g/mol. The Balaban J connectivity index is 1.94. The first kappa shape index (κ1) is 16.3. The van der Waals surface area contributed by atoms with Crippen molar-refractivity contribution in [2.45, 2.75) is 90.8 Å². The normalized spacial score (nSPS) is 39.8. The molecule has 118 valence electrons. The van der Waals surface area contributed by atoms with Crippen molar-refractivity contribution < 1.29 is 4.74 Å². The Hall–Kier alpha value is -0.0800. The van der Waals surface area contributed by atoms with E-state index in [0.717, 1.165) is 18.8 Å². The van der Waals surface area contributed by atoms with Crippen LogP contribution in [-0.4, -0.2) is 18.2 Å². The minimum atomic E-state index is -0.0159. The van der Waals surface area contributed by atoms with Gasteiger partial charge in [0.05, 0.1) is 11.7 Å². The van der Waals surface area contributed by atoms with Crippen LogP contribution >= 0.6 is 0 Å². The summed E-state index contributed by atoms with van der Waals surface area (Å²) in [5, 5.41) is 0.